The lowest BCUT2D eigenvalue weighted by Gasteiger charge is -2.14. The zero-order chi connectivity index (χ0) is 17.7. The quantitative estimate of drug-likeness (QED) is 0.343. The van der Waals surface area contributed by atoms with Crippen LogP contribution in [0.4, 0.5) is 5.69 Å². The molecule has 0 saturated heterocycles. The van der Waals surface area contributed by atoms with Crippen molar-refractivity contribution in [3.8, 4) is 0 Å². The number of non-ortho nitro benzene ring substituents is 1. The lowest BCUT2D eigenvalue weighted by molar-refractivity contribution is -0.384. The third kappa shape index (κ3) is 4.17. The van der Waals surface area contributed by atoms with Gasteiger partial charge in [-0.3, -0.25) is 19.7 Å². The average Bonchev–Trinajstić information content (AvgIpc) is 2.59. The SMILES string of the molecule is COC(=O)C(CC(=O)c1ccc(Cl)cc1)c1ccc([N+](=O)[O-])cc1. The zero-order valence-electron chi connectivity index (χ0n) is 12.8. The predicted molar refractivity (Wildman–Crippen MR) is 88.3 cm³/mol. The summed E-state index contributed by atoms with van der Waals surface area (Å²) in [4.78, 5) is 34.6. The van der Waals surface area contributed by atoms with Crippen molar-refractivity contribution in [1.29, 1.82) is 0 Å². The second-order valence-corrected chi connectivity index (χ2v) is 5.50. The van der Waals surface area contributed by atoms with Crippen LogP contribution >= 0.6 is 11.6 Å². The van der Waals surface area contributed by atoms with Gasteiger partial charge in [0.2, 0.25) is 0 Å². The number of nitro groups is 1. The Morgan fingerprint density at radius 2 is 1.71 bits per heavy atom. The number of ketones is 1. The number of hydrogen-bond acceptors (Lipinski definition) is 5. The maximum absolute atomic E-state index is 12.4. The Bertz CT molecular complexity index is 756. The predicted octanol–water partition coefficient (Wildman–Crippen LogP) is 3.78. The van der Waals surface area contributed by atoms with E-state index in [1.807, 2.05) is 0 Å². The molecule has 0 aromatic heterocycles. The molecule has 0 N–H and O–H groups in total. The van der Waals surface area contributed by atoms with E-state index >= 15 is 0 Å². The molecule has 1 atom stereocenters. The highest BCUT2D eigenvalue weighted by atomic mass is 35.5. The van der Waals surface area contributed by atoms with Gasteiger partial charge in [-0.15, -0.1) is 0 Å². The van der Waals surface area contributed by atoms with Crippen LogP contribution in [0, 0.1) is 10.1 Å². The van der Waals surface area contributed by atoms with Gasteiger partial charge in [0.05, 0.1) is 18.0 Å². The summed E-state index contributed by atoms with van der Waals surface area (Å²) in [6, 6.07) is 11.8. The van der Waals surface area contributed by atoms with Crippen LogP contribution in [0.15, 0.2) is 48.5 Å². The fraction of sp³-hybridized carbons (Fsp3) is 0.176. The van der Waals surface area contributed by atoms with Crippen molar-refractivity contribution < 1.29 is 19.2 Å². The number of carbonyl (C=O) groups excluding carboxylic acids is 2. The molecular formula is C17H14ClNO5. The molecular weight excluding hydrogens is 334 g/mol. The minimum atomic E-state index is -0.834. The maximum atomic E-state index is 12.4. The molecule has 0 bridgehead atoms. The summed E-state index contributed by atoms with van der Waals surface area (Å²) in [6.45, 7) is 0. The molecule has 0 aliphatic carbocycles. The number of esters is 1. The number of carbonyl (C=O) groups is 2. The van der Waals surface area contributed by atoms with Crippen LogP contribution < -0.4 is 0 Å². The van der Waals surface area contributed by atoms with E-state index in [0.29, 0.717) is 16.1 Å². The van der Waals surface area contributed by atoms with Crippen molar-refractivity contribution in [3.05, 3.63) is 74.8 Å². The van der Waals surface area contributed by atoms with Crippen LogP contribution in [0.5, 0.6) is 0 Å². The molecule has 0 fully saturated rings. The molecule has 6 nitrogen and oxygen atoms in total. The molecule has 0 saturated carbocycles. The van der Waals surface area contributed by atoms with Crippen LogP contribution in [0.25, 0.3) is 0 Å². The van der Waals surface area contributed by atoms with E-state index in [1.165, 1.54) is 31.4 Å². The smallest absolute Gasteiger partial charge is 0.313 e. The van der Waals surface area contributed by atoms with Crippen LogP contribution in [-0.4, -0.2) is 23.8 Å². The van der Waals surface area contributed by atoms with Crippen molar-refractivity contribution in [2.75, 3.05) is 7.11 Å². The highest BCUT2D eigenvalue weighted by Gasteiger charge is 2.25. The molecule has 0 aliphatic heterocycles. The average molecular weight is 348 g/mol. The first-order chi connectivity index (χ1) is 11.4. The van der Waals surface area contributed by atoms with Crippen molar-refractivity contribution in [2.45, 2.75) is 12.3 Å². The Morgan fingerprint density at radius 3 is 2.21 bits per heavy atom. The topological polar surface area (TPSA) is 86.5 Å². The van der Waals surface area contributed by atoms with Crippen LogP contribution in [-0.2, 0) is 9.53 Å². The second kappa shape index (κ2) is 7.70. The first-order valence-corrected chi connectivity index (χ1v) is 7.41. The van der Waals surface area contributed by atoms with Gasteiger partial charge in [0.25, 0.3) is 5.69 Å². The summed E-state index contributed by atoms with van der Waals surface area (Å²) in [5.41, 5.74) is 0.816. The fourth-order valence-electron chi connectivity index (χ4n) is 2.25. The van der Waals surface area contributed by atoms with Gasteiger partial charge in [-0.2, -0.15) is 0 Å². The molecule has 2 aromatic rings. The Morgan fingerprint density at radius 1 is 1.12 bits per heavy atom. The number of nitro benzene ring substituents is 1. The van der Waals surface area contributed by atoms with E-state index in [-0.39, 0.29) is 17.9 Å². The van der Waals surface area contributed by atoms with Gasteiger partial charge < -0.3 is 4.74 Å². The van der Waals surface area contributed by atoms with E-state index in [9.17, 15) is 19.7 Å². The summed E-state index contributed by atoms with van der Waals surface area (Å²) >= 11 is 5.79. The van der Waals surface area contributed by atoms with E-state index < -0.39 is 16.8 Å². The van der Waals surface area contributed by atoms with Crippen LogP contribution in [0.1, 0.15) is 28.3 Å². The number of ether oxygens (including phenoxy) is 1. The molecule has 7 heteroatoms. The second-order valence-electron chi connectivity index (χ2n) is 5.06. The Balaban J connectivity index is 2.25. The minimum Gasteiger partial charge on any atom is -0.469 e. The van der Waals surface area contributed by atoms with Crippen molar-refractivity contribution in [3.63, 3.8) is 0 Å². The highest BCUT2D eigenvalue weighted by Crippen LogP contribution is 2.26. The molecule has 0 spiro atoms. The normalized spacial score (nSPS) is 11.6. The monoisotopic (exact) mass is 347 g/mol. The minimum absolute atomic E-state index is 0.0913. The van der Waals surface area contributed by atoms with Gasteiger partial charge >= 0.3 is 5.97 Å². The highest BCUT2D eigenvalue weighted by molar-refractivity contribution is 6.30. The number of hydrogen-bond donors (Lipinski definition) is 0. The van der Waals surface area contributed by atoms with E-state index in [4.69, 9.17) is 16.3 Å². The Labute approximate surface area is 143 Å². The maximum Gasteiger partial charge on any atom is 0.313 e. The Hall–Kier alpha value is -2.73. The largest absolute Gasteiger partial charge is 0.469 e. The standard InChI is InChI=1S/C17H14ClNO5/c1-24-17(21)15(11-4-8-14(9-5-11)19(22)23)10-16(20)12-2-6-13(18)7-3-12/h2-9,15H,10H2,1H3. The number of nitrogens with zero attached hydrogens (tertiary/aromatic N) is 1. The summed E-state index contributed by atoms with van der Waals surface area (Å²) in [6.07, 6.45) is -0.105. The van der Waals surface area contributed by atoms with E-state index in [0.717, 1.165) is 0 Å². The third-order valence-corrected chi connectivity index (χ3v) is 3.80. The number of methoxy groups -OCH3 is 1. The van der Waals surface area contributed by atoms with Gasteiger partial charge in [-0.05, 0) is 29.8 Å². The third-order valence-electron chi connectivity index (χ3n) is 3.55. The Kier molecular flexibility index (Phi) is 5.65. The first kappa shape index (κ1) is 17.6. The van der Waals surface area contributed by atoms with Crippen molar-refractivity contribution in [1.82, 2.24) is 0 Å². The van der Waals surface area contributed by atoms with Gasteiger partial charge in [-0.25, -0.2) is 0 Å². The molecule has 2 rings (SSSR count). The summed E-state index contributed by atoms with van der Waals surface area (Å²) in [5.74, 6) is -1.66. The van der Waals surface area contributed by atoms with Crippen LogP contribution in [0.3, 0.4) is 0 Å². The number of Topliss-reactive ketones (excluding diaryl/α,β-unsaturated/α-hetero) is 1. The van der Waals surface area contributed by atoms with Gasteiger partial charge in [-0.1, -0.05) is 23.7 Å². The van der Waals surface area contributed by atoms with Crippen molar-refractivity contribution >= 4 is 29.0 Å². The molecule has 0 radical (unpaired) electrons. The molecule has 124 valence electrons. The fourth-order valence-corrected chi connectivity index (χ4v) is 2.37. The molecule has 24 heavy (non-hydrogen) atoms. The molecule has 1 unspecified atom stereocenters. The summed E-state index contributed by atoms with van der Waals surface area (Å²) in [5, 5.41) is 11.2. The van der Waals surface area contributed by atoms with Crippen LogP contribution in [0.2, 0.25) is 5.02 Å². The van der Waals surface area contributed by atoms with Gasteiger partial charge in [0, 0.05) is 29.1 Å². The van der Waals surface area contributed by atoms with Crippen molar-refractivity contribution in [2.24, 2.45) is 0 Å². The summed E-state index contributed by atoms with van der Waals surface area (Å²) < 4.78 is 4.75. The van der Waals surface area contributed by atoms with Gasteiger partial charge in [0.1, 0.15) is 0 Å². The zero-order valence-corrected chi connectivity index (χ0v) is 13.5. The lowest BCUT2D eigenvalue weighted by atomic mass is 9.91. The van der Waals surface area contributed by atoms with Gasteiger partial charge in [0.15, 0.2) is 5.78 Å². The number of halogens is 1. The lowest BCUT2D eigenvalue weighted by Crippen LogP contribution is -2.18. The molecule has 2 aromatic carbocycles. The molecule has 0 amide bonds. The molecule has 0 aliphatic rings. The van der Waals surface area contributed by atoms with E-state index in [1.54, 1.807) is 24.3 Å². The van der Waals surface area contributed by atoms with E-state index in [2.05, 4.69) is 0 Å². The molecule has 0 heterocycles. The number of benzene rings is 2. The number of rotatable bonds is 6. The first-order valence-electron chi connectivity index (χ1n) is 7.03. The summed E-state index contributed by atoms with van der Waals surface area (Å²) in [7, 11) is 1.23.